The molecule has 1 fully saturated rings. The smallest absolute Gasteiger partial charge is 0.243 e. The highest BCUT2D eigenvalue weighted by molar-refractivity contribution is 7.90. The van der Waals surface area contributed by atoms with Crippen LogP contribution in [0.1, 0.15) is 32.1 Å². The zero-order valence-electron chi connectivity index (χ0n) is 12.6. The summed E-state index contributed by atoms with van der Waals surface area (Å²) in [5.74, 6) is 0.576. The summed E-state index contributed by atoms with van der Waals surface area (Å²) in [5.41, 5.74) is 0.481. The van der Waals surface area contributed by atoms with E-state index in [9.17, 15) is 8.42 Å². The number of nitrogens with one attached hydrogen (secondary N) is 1. The fourth-order valence-electron chi connectivity index (χ4n) is 2.55. The molecule has 0 unspecified atom stereocenters. The number of sulfone groups is 1. The summed E-state index contributed by atoms with van der Waals surface area (Å²) < 4.78 is 29.1. The van der Waals surface area contributed by atoms with Gasteiger partial charge in [-0.1, -0.05) is 18.0 Å². The Balaban J connectivity index is 1.94. The summed E-state index contributed by atoms with van der Waals surface area (Å²) in [6, 6.07) is 1.63. The van der Waals surface area contributed by atoms with Gasteiger partial charge in [0.15, 0.2) is 5.82 Å². The SMILES string of the molecule is CS(=O)(=O)c1nc(-c2cc(Cl)cnc2OC2CCCCC2)n[nH]1. The second-order valence-electron chi connectivity index (χ2n) is 5.62. The summed E-state index contributed by atoms with van der Waals surface area (Å²) >= 11 is 6.00. The molecule has 0 atom stereocenters. The van der Waals surface area contributed by atoms with Gasteiger partial charge >= 0.3 is 0 Å². The molecule has 0 aliphatic heterocycles. The predicted octanol–water partition coefficient (Wildman–Crippen LogP) is 2.64. The second kappa shape index (κ2) is 6.45. The molecule has 2 aromatic rings. The number of halogens is 1. The van der Waals surface area contributed by atoms with Crippen molar-refractivity contribution >= 4 is 21.4 Å². The Bertz CT molecular complexity index is 800. The van der Waals surface area contributed by atoms with Crippen molar-refractivity contribution < 1.29 is 13.2 Å². The Kier molecular flexibility index (Phi) is 4.54. The van der Waals surface area contributed by atoms with Crippen LogP contribution < -0.4 is 4.74 Å². The molecule has 0 amide bonds. The zero-order valence-corrected chi connectivity index (χ0v) is 14.2. The van der Waals surface area contributed by atoms with Gasteiger partial charge in [-0.25, -0.2) is 18.5 Å². The van der Waals surface area contributed by atoms with E-state index in [1.54, 1.807) is 6.07 Å². The fourth-order valence-corrected chi connectivity index (χ4v) is 3.18. The summed E-state index contributed by atoms with van der Waals surface area (Å²) in [6.45, 7) is 0. The van der Waals surface area contributed by atoms with E-state index in [2.05, 4.69) is 20.2 Å². The molecular weight excluding hydrogens is 340 g/mol. The first kappa shape index (κ1) is 16.2. The van der Waals surface area contributed by atoms with Gasteiger partial charge in [0.05, 0.1) is 10.6 Å². The van der Waals surface area contributed by atoms with E-state index >= 15 is 0 Å². The Hall–Kier alpha value is -1.67. The van der Waals surface area contributed by atoms with Crippen molar-refractivity contribution in [1.29, 1.82) is 0 Å². The summed E-state index contributed by atoms with van der Waals surface area (Å²) in [4.78, 5) is 8.24. The number of H-pyrrole nitrogens is 1. The zero-order chi connectivity index (χ0) is 16.4. The average Bonchev–Trinajstić information content (AvgIpc) is 3.00. The Labute approximate surface area is 139 Å². The number of hydrogen-bond donors (Lipinski definition) is 1. The van der Waals surface area contributed by atoms with E-state index in [-0.39, 0.29) is 17.1 Å². The molecule has 1 N–H and O–H groups in total. The van der Waals surface area contributed by atoms with Crippen LogP contribution in [-0.2, 0) is 9.84 Å². The van der Waals surface area contributed by atoms with Crippen LogP contribution in [0.3, 0.4) is 0 Å². The highest BCUT2D eigenvalue weighted by Gasteiger charge is 2.21. The molecule has 2 aromatic heterocycles. The predicted molar refractivity (Wildman–Crippen MR) is 85.2 cm³/mol. The molecule has 9 heteroatoms. The van der Waals surface area contributed by atoms with Crippen molar-refractivity contribution in [1.82, 2.24) is 20.2 Å². The third kappa shape index (κ3) is 3.81. The van der Waals surface area contributed by atoms with E-state index < -0.39 is 9.84 Å². The molecule has 2 heterocycles. The lowest BCUT2D eigenvalue weighted by Gasteiger charge is -2.23. The van der Waals surface area contributed by atoms with Gasteiger partial charge in [0, 0.05) is 12.5 Å². The number of pyridine rings is 1. The minimum atomic E-state index is -3.46. The highest BCUT2D eigenvalue weighted by atomic mass is 35.5. The normalized spacial score (nSPS) is 16.4. The minimum Gasteiger partial charge on any atom is -0.474 e. The van der Waals surface area contributed by atoms with Crippen molar-refractivity contribution in [3.05, 3.63) is 17.3 Å². The Morgan fingerprint density at radius 2 is 2.04 bits per heavy atom. The number of rotatable bonds is 4. The van der Waals surface area contributed by atoms with Gasteiger partial charge in [-0.15, -0.1) is 0 Å². The molecule has 7 nitrogen and oxygen atoms in total. The van der Waals surface area contributed by atoms with Crippen LogP contribution in [0.4, 0.5) is 0 Å². The number of hydrogen-bond acceptors (Lipinski definition) is 6. The number of aromatic amines is 1. The molecule has 0 saturated heterocycles. The first-order valence-electron chi connectivity index (χ1n) is 7.38. The van der Waals surface area contributed by atoms with Crippen molar-refractivity contribution in [3.63, 3.8) is 0 Å². The molecule has 124 valence electrons. The number of ether oxygens (including phenoxy) is 1. The number of aromatic nitrogens is 4. The van der Waals surface area contributed by atoms with E-state index in [1.807, 2.05) is 0 Å². The van der Waals surface area contributed by atoms with Crippen LogP contribution in [-0.4, -0.2) is 40.9 Å². The molecule has 1 saturated carbocycles. The third-order valence-electron chi connectivity index (χ3n) is 3.71. The lowest BCUT2D eigenvalue weighted by molar-refractivity contribution is 0.149. The molecular formula is C14H17ClN4O3S. The van der Waals surface area contributed by atoms with Crippen LogP contribution >= 0.6 is 11.6 Å². The van der Waals surface area contributed by atoms with E-state index in [0.717, 1.165) is 31.9 Å². The van der Waals surface area contributed by atoms with Gasteiger partial charge in [0.2, 0.25) is 20.9 Å². The molecule has 0 radical (unpaired) electrons. The maximum Gasteiger partial charge on any atom is 0.243 e. The van der Waals surface area contributed by atoms with Crippen molar-refractivity contribution in [2.45, 2.75) is 43.4 Å². The molecule has 0 bridgehead atoms. The molecule has 0 aromatic carbocycles. The lowest BCUT2D eigenvalue weighted by Crippen LogP contribution is -2.20. The number of nitrogens with zero attached hydrogens (tertiary/aromatic N) is 3. The van der Waals surface area contributed by atoms with E-state index in [4.69, 9.17) is 16.3 Å². The molecule has 0 spiro atoms. The van der Waals surface area contributed by atoms with Gasteiger partial charge in [-0.05, 0) is 31.7 Å². The topological polar surface area (TPSA) is 97.8 Å². The van der Waals surface area contributed by atoms with Gasteiger partial charge in [-0.2, -0.15) is 10.1 Å². The molecule has 1 aliphatic carbocycles. The second-order valence-corrected chi connectivity index (χ2v) is 7.99. The Morgan fingerprint density at radius 1 is 1.30 bits per heavy atom. The molecule has 3 rings (SSSR count). The van der Waals surface area contributed by atoms with Crippen LogP contribution in [0, 0.1) is 0 Å². The standard InChI is InChI=1S/C14H17ClN4O3S/c1-23(20,21)14-17-12(18-19-14)11-7-9(15)8-16-13(11)22-10-5-3-2-4-6-10/h7-8,10H,2-6H2,1H3,(H,17,18,19). The third-order valence-corrected chi connectivity index (χ3v) is 4.80. The highest BCUT2D eigenvalue weighted by Crippen LogP contribution is 2.31. The van der Waals surface area contributed by atoms with Crippen molar-refractivity contribution in [2.24, 2.45) is 0 Å². The first-order chi connectivity index (χ1) is 10.9. The van der Waals surface area contributed by atoms with Crippen molar-refractivity contribution in [2.75, 3.05) is 6.26 Å². The summed E-state index contributed by atoms with van der Waals surface area (Å²) in [5, 5.41) is 6.58. The van der Waals surface area contributed by atoms with E-state index in [1.165, 1.54) is 12.6 Å². The molecule has 1 aliphatic rings. The maximum atomic E-state index is 11.5. The van der Waals surface area contributed by atoms with Crippen LogP contribution in [0.2, 0.25) is 5.02 Å². The quantitative estimate of drug-likeness (QED) is 0.904. The van der Waals surface area contributed by atoms with Crippen LogP contribution in [0.15, 0.2) is 17.4 Å². The fraction of sp³-hybridized carbons (Fsp3) is 0.500. The first-order valence-corrected chi connectivity index (χ1v) is 9.65. The van der Waals surface area contributed by atoms with Crippen molar-refractivity contribution in [3.8, 4) is 17.3 Å². The molecule has 23 heavy (non-hydrogen) atoms. The lowest BCUT2D eigenvalue weighted by atomic mass is 9.98. The van der Waals surface area contributed by atoms with Crippen LogP contribution in [0.25, 0.3) is 11.4 Å². The van der Waals surface area contributed by atoms with Gasteiger partial charge in [-0.3, -0.25) is 0 Å². The summed E-state index contributed by atoms with van der Waals surface area (Å²) in [6.07, 6.45) is 8.10. The largest absolute Gasteiger partial charge is 0.474 e. The minimum absolute atomic E-state index is 0.101. The Morgan fingerprint density at radius 3 is 2.70 bits per heavy atom. The van der Waals surface area contributed by atoms with Gasteiger partial charge in [0.1, 0.15) is 6.10 Å². The van der Waals surface area contributed by atoms with Gasteiger partial charge in [0.25, 0.3) is 0 Å². The van der Waals surface area contributed by atoms with Gasteiger partial charge < -0.3 is 4.74 Å². The summed E-state index contributed by atoms with van der Waals surface area (Å²) in [7, 11) is -3.46. The van der Waals surface area contributed by atoms with Crippen LogP contribution in [0.5, 0.6) is 5.88 Å². The maximum absolute atomic E-state index is 11.5. The average molecular weight is 357 g/mol. The van der Waals surface area contributed by atoms with E-state index in [0.29, 0.717) is 16.5 Å². The monoisotopic (exact) mass is 356 g/mol.